The number of fused-ring (bicyclic) bond motifs is 4. The summed E-state index contributed by atoms with van der Waals surface area (Å²) in [5.74, 6) is 6.45. The predicted molar refractivity (Wildman–Crippen MR) is 146 cm³/mol. The molecule has 3 N–H and O–H groups in total. The number of aromatic nitrogens is 1. The SMILES string of the molecule is NNC(=O)c1ccc2c(c1)CCN(C(=O)c1cccc(N3CCOc4ccccc4C3)n1)c1ccccc1-2. The molecule has 0 saturated heterocycles. The lowest BCUT2D eigenvalue weighted by atomic mass is 9.95. The van der Waals surface area contributed by atoms with Crippen molar-refractivity contribution < 1.29 is 14.3 Å². The molecule has 0 atom stereocenters. The van der Waals surface area contributed by atoms with E-state index in [2.05, 4.69) is 16.4 Å². The zero-order valence-corrected chi connectivity index (χ0v) is 20.8. The third-order valence-electron chi connectivity index (χ3n) is 7.06. The zero-order valence-electron chi connectivity index (χ0n) is 20.8. The quantitative estimate of drug-likeness (QED) is 0.248. The van der Waals surface area contributed by atoms with E-state index in [-0.39, 0.29) is 11.8 Å². The van der Waals surface area contributed by atoms with Crippen LogP contribution in [0.2, 0.25) is 0 Å². The van der Waals surface area contributed by atoms with Gasteiger partial charge in [-0.15, -0.1) is 0 Å². The molecule has 6 rings (SSSR count). The number of hydrogen-bond donors (Lipinski definition) is 2. The van der Waals surface area contributed by atoms with Gasteiger partial charge < -0.3 is 14.5 Å². The molecule has 0 fully saturated rings. The van der Waals surface area contributed by atoms with E-state index in [0.29, 0.717) is 43.9 Å². The third kappa shape index (κ3) is 4.35. The minimum Gasteiger partial charge on any atom is -0.491 e. The van der Waals surface area contributed by atoms with Crippen LogP contribution in [-0.4, -0.2) is 36.5 Å². The zero-order chi connectivity index (χ0) is 26.1. The van der Waals surface area contributed by atoms with Gasteiger partial charge in [-0.05, 0) is 53.9 Å². The Morgan fingerprint density at radius 2 is 1.71 bits per heavy atom. The number of amides is 2. The summed E-state index contributed by atoms with van der Waals surface area (Å²) in [7, 11) is 0. The average Bonchev–Trinajstić information content (AvgIpc) is 3.29. The second-order valence-corrected chi connectivity index (χ2v) is 9.33. The van der Waals surface area contributed by atoms with Crippen LogP contribution in [0.5, 0.6) is 5.75 Å². The summed E-state index contributed by atoms with van der Waals surface area (Å²) >= 11 is 0. The van der Waals surface area contributed by atoms with Crippen LogP contribution in [0.25, 0.3) is 11.1 Å². The van der Waals surface area contributed by atoms with Crippen molar-refractivity contribution in [2.24, 2.45) is 5.84 Å². The Morgan fingerprint density at radius 3 is 2.61 bits per heavy atom. The van der Waals surface area contributed by atoms with E-state index < -0.39 is 0 Å². The van der Waals surface area contributed by atoms with Crippen molar-refractivity contribution in [1.82, 2.24) is 10.4 Å². The second kappa shape index (κ2) is 9.99. The minimum absolute atomic E-state index is 0.168. The molecule has 2 amide bonds. The van der Waals surface area contributed by atoms with E-state index >= 15 is 0 Å². The molecule has 3 aromatic carbocycles. The fourth-order valence-electron chi connectivity index (χ4n) is 5.17. The van der Waals surface area contributed by atoms with Gasteiger partial charge in [-0.25, -0.2) is 10.8 Å². The van der Waals surface area contributed by atoms with Crippen LogP contribution in [0.4, 0.5) is 11.5 Å². The Labute approximate surface area is 220 Å². The Morgan fingerprint density at radius 1 is 0.868 bits per heavy atom. The van der Waals surface area contributed by atoms with Crippen LogP contribution in [0.15, 0.2) is 84.9 Å². The number of ether oxygens (including phenoxy) is 1. The number of nitrogen functional groups attached to an aromatic ring is 1. The summed E-state index contributed by atoms with van der Waals surface area (Å²) in [4.78, 5) is 34.8. The van der Waals surface area contributed by atoms with Crippen molar-refractivity contribution in [3.8, 4) is 16.9 Å². The number of benzene rings is 3. The van der Waals surface area contributed by atoms with Gasteiger partial charge in [-0.3, -0.25) is 15.0 Å². The van der Waals surface area contributed by atoms with Crippen LogP contribution < -0.4 is 25.8 Å². The highest BCUT2D eigenvalue weighted by Gasteiger charge is 2.27. The molecule has 0 spiro atoms. The highest BCUT2D eigenvalue weighted by Crippen LogP contribution is 2.37. The van der Waals surface area contributed by atoms with E-state index in [0.717, 1.165) is 39.5 Å². The first-order chi connectivity index (χ1) is 18.6. The molecule has 190 valence electrons. The largest absolute Gasteiger partial charge is 0.491 e. The lowest BCUT2D eigenvalue weighted by Crippen LogP contribution is -2.34. The first-order valence-electron chi connectivity index (χ1n) is 12.6. The van der Waals surface area contributed by atoms with Crippen molar-refractivity contribution >= 4 is 23.3 Å². The predicted octanol–water partition coefficient (Wildman–Crippen LogP) is 3.95. The van der Waals surface area contributed by atoms with Gasteiger partial charge in [0.2, 0.25) is 0 Å². The molecule has 0 radical (unpaired) electrons. The summed E-state index contributed by atoms with van der Waals surface area (Å²) in [5, 5.41) is 0. The van der Waals surface area contributed by atoms with Gasteiger partial charge in [0.15, 0.2) is 0 Å². The molecule has 0 saturated carbocycles. The standard InChI is InChI=1S/C30H27N5O3/c31-33-29(36)21-12-13-23-20(18-21)14-15-35(26-9-3-2-7-24(23)26)30(37)25-8-5-11-28(32-25)34-16-17-38-27-10-4-1-6-22(27)19-34/h1-13,18H,14-17,19,31H2,(H,33,36). The summed E-state index contributed by atoms with van der Waals surface area (Å²) in [6.07, 6.45) is 0.585. The maximum absolute atomic E-state index is 13.9. The maximum atomic E-state index is 13.9. The number of carbonyl (C=O) groups excluding carboxylic acids is 2. The van der Waals surface area contributed by atoms with E-state index in [4.69, 9.17) is 15.6 Å². The van der Waals surface area contributed by atoms with Crippen molar-refractivity contribution in [2.75, 3.05) is 29.5 Å². The number of anilines is 2. The first-order valence-corrected chi connectivity index (χ1v) is 12.6. The Balaban J connectivity index is 1.32. The second-order valence-electron chi connectivity index (χ2n) is 9.33. The smallest absolute Gasteiger partial charge is 0.276 e. The number of para-hydroxylation sites is 2. The Hall–Kier alpha value is -4.69. The molecule has 0 unspecified atom stereocenters. The van der Waals surface area contributed by atoms with Gasteiger partial charge in [0, 0.05) is 29.8 Å². The number of hydrogen-bond acceptors (Lipinski definition) is 6. The highest BCUT2D eigenvalue weighted by molar-refractivity contribution is 6.08. The molecule has 8 heteroatoms. The normalized spacial score (nSPS) is 14.2. The molecule has 1 aromatic heterocycles. The molecular weight excluding hydrogens is 478 g/mol. The fraction of sp³-hybridized carbons (Fsp3) is 0.167. The average molecular weight is 506 g/mol. The number of hydrazine groups is 1. The van der Waals surface area contributed by atoms with E-state index in [1.54, 1.807) is 17.0 Å². The van der Waals surface area contributed by atoms with Gasteiger partial charge in [0.25, 0.3) is 11.8 Å². The number of carbonyl (C=O) groups is 2. The lowest BCUT2D eigenvalue weighted by molar-refractivity contribution is 0.0951. The minimum atomic E-state index is -0.346. The Bertz CT molecular complexity index is 1540. The monoisotopic (exact) mass is 505 g/mol. The molecule has 0 bridgehead atoms. The number of nitrogens with two attached hydrogens (primary N) is 1. The molecule has 3 heterocycles. The van der Waals surface area contributed by atoms with Crippen LogP contribution in [0, 0.1) is 0 Å². The Kier molecular flexibility index (Phi) is 6.23. The molecule has 38 heavy (non-hydrogen) atoms. The molecular formula is C30H27N5O3. The summed E-state index contributed by atoms with van der Waals surface area (Å²) in [6.45, 7) is 2.31. The van der Waals surface area contributed by atoms with Gasteiger partial charge in [0.1, 0.15) is 23.9 Å². The first kappa shape index (κ1) is 23.7. The summed E-state index contributed by atoms with van der Waals surface area (Å²) in [5.41, 5.74) is 7.88. The fourth-order valence-corrected chi connectivity index (χ4v) is 5.17. The summed E-state index contributed by atoms with van der Waals surface area (Å²) in [6, 6.07) is 26.9. The highest BCUT2D eigenvalue weighted by atomic mass is 16.5. The molecule has 2 aliphatic rings. The van der Waals surface area contributed by atoms with Crippen molar-refractivity contribution in [3.63, 3.8) is 0 Å². The van der Waals surface area contributed by atoms with Gasteiger partial charge in [-0.2, -0.15) is 0 Å². The van der Waals surface area contributed by atoms with Crippen LogP contribution in [0.1, 0.15) is 32.0 Å². The number of rotatable bonds is 3. The van der Waals surface area contributed by atoms with Crippen molar-refractivity contribution in [3.05, 3.63) is 107 Å². The van der Waals surface area contributed by atoms with Gasteiger partial charge >= 0.3 is 0 Å². The molecule has 4 aromatic rings. The number of pyridine rings is 1. The number of nitrogens with zero attached hydrogens (tertiary/aromatic N) is 3. The van der Waals surface area contributed by atoms with E-state index in [1.165, 1.54) is 0 Å². The van der Waals surface area contributed by atoms with E-state index in [9.17, 15) is 9.59 Å². The molecule has 0 aliphatic carbocycles. The lowest BCUT2D eigenvalue weighted by Gasteiger charge is -2.24. The van der Waals surface area contributed by atoms with E-state index in [1.807, 2.05) is 66.7 Å². The van der Waals surface area contributed by atoms with Crippen molar-refractivity contribution in [1.29, 1.82) is 0 Å². The van der Waals surface area contributed by atoms with Gasteiger partial charge in [-0.1, -0.05) is 48.5 Å². The van der Waals surface area contributed by atoms with Crippen molar-refractivity contribution in [2.45, 2.75) is 13.0 Å². The third-order valence-corrected chi connectivity index (χ3v) is 7.06. The van der Waals surface area contributed by atoms with Gasteiger partial charge in [0.05, 0.1) is 12.2 Å². The topological polar surface area (TPSA) is 101 Å². The molecule has 2 aliphatic heterocycles. The van der Waals surface area contributed by atoms with Crippen LogP contribution in [-0.2, 0) is 13.0 Å². The summed E-state index contributed by atoms with van der Waals surface area (Å²) < 4.78 is 5.91. The van der Waals surface area contributed by atoms with Crippen LogP contribution in [0.3, 0.4) is 0 Å². The molecule has 8 nitrogen and oxygen atoms in total. The van der Waals surface area contributed by atoms with Crippen LogP contribution >= 0.6 is 0 Å². The maximum Gasteiger partial charge on any atom is 0.276 e. The number of nitrogens with one attached hydrogen (secondary N) is 1.